The van der Waals surface area contributed by atoms with Gasteiger partial charge in [0.2, 0.25) is 5.91 Å². The Kier molecular flexibility index (Phi) is 4.94. The van der Waals surface area contributed by atoms with Gasteiger partial charge < -0.3 is 20.1 Å². The number of hydrogen-bond acceptors (Lipinski definition) is 3. The summed E-state index contributed by atoms with van der Waals surface area (Å²) >= 11 is 0. The number of para-hydroxylation sites is 1. The summed E-state index contributed by atoms with van der Waals surface area (Å²) in [5.41, 5.74) is 2.98. The van der Waals surface area contributed by atoms with Crippen LogP contribution in [0.3, 0.4) is 0 Å². The first kappa shape index (κ1) is 15.1. The number of rotatable bonds is 7. The molecule has 0 unspecified atom stereocenters. The maximum atomic E-state index is 11.9. The third-order valence-electron chi connectivity index (χ3n) is 3.16. The minimum atomic E-state index is -1.02. The number of carbonyl (C=O) groups excluding carboxylic acids is 1. The van der Waals surface area contributed by atoms with E-state index in [1.807, 2.05) is 31.2 Å². The summed E-state index contributed by atoms with van der Waals surface area (Å²) in [5.74, 6) is -1.13. The van der Waals surface area contributed by atoms with Crippen molar-refractivity contribution >= 4 is 22.8 Å². The number of aryl methyl sites for hydroxylation is 1. The number of H-pyrrole nitrogens is 1. The fourth-order valence-electron chi connectivity index (χ4n) is 2.21. The number of amides is 1. The van der Waals surface area contributed by atoms with Crippen molar-refractivity contribution in [3.05, 3.63) is 35.5 Å². The number of aliphatic carboxylic acids is 1. The second kappa shape index (κ2) is 6.90. The summed E-state index contributed by atoms with van der Waals surface area (Å²) in [7, 11) is 0. The molecule has 1 amide bonds. The molecule has 21 heavy (non-hydrogen) atoms. The number of carboxylic acid groups (broad SMARTS) is 1. The minimum absolute atomic E-state index is 0.109. The van der Waals surface area contributed by atoms with Gasteiger partial charge in [0.05, 0.1) is 13.0 Å². The normalized spacial score (nSPS) is 10.7. The van der Waals surface area contributed by atoms with Crippen LogP contribution in [-0.4, -0.2) is 41.7 Å². The lowest BCUT2D eigenvalue weighted by Crippen LogP contribution is -2.29. The van der Waals surface area contributed by atoms with Gasteiger partial charge in [0.25, 0.3) is 0 Å². The van der Waals surface area contributed by atoms with Crippen molar-refractivity contribution < 1.29 is 19.4 Å². The van der Waals surface area contributed by atoms with E-state index in [4.69, 9.17) is 9.84 Å². The molecule has 0 bridgehead atoms. The van der Waals surface area contributed by atoms with Gasteiger partial charge in [-0.2, -0.15) is 0 Å². The molecule has 1 aromatic carbocycles. The standard InChI is InChI=1S/C15H18N2O4/c1-10-12(11-4-2-3-5-13(11)17-10)8-14(18)16-6-7-21-9-15(19)20/h2-5,17H,6-9H2,1H3,(H,16,18)(H,19,20). The number of benzene rings is 1. The first-order valence-corrected chi connectivity index (χ1v) is 6.70. The monoisotopic (exact) mass is 290 g/mol. The first-order chi connectivity index (χ1) is 10.1. The van der Waals surface area contributed by atoms with Crippen molar-refractivity contribution in [3.63, 3.8) is 0 Å². The lowest BCUT2D eigenvalue weighted by atomic mass is 10.1. The number of carboxylic acids is 1. The van der Waals surface area contributed by atoms with Gasteiger partial charge in [0, 0.05) is 23.1 Å². The number of aromatic nitrogens is 1. The average molecular weight is 290 g/mol. The Labute approximate surface area is 122 Å². The van der Waals surface area contributed by atoms with E-state index in [2.05, 4.69) is 10.3 Å². The van der Waals surface area contributed by atoms with Crippen LogP contribution in [0.1, 0.15) is 11.3 Å². The molecule has 6 heteroatoms. The van der Waals surface area contributed by atoms with E-state index in [9.17, 15) is 9.59 Å². The quantitative estimate of drug-likeness (QED) is 0.669. The smallest absolute Gasteiger partial charge is 0.329 e. The fourth-order valence-corrected chi connectivity index (χ4v) is 2.21. The molecule has 2 aromatic rings. The molecule has 6 nitrogen and oxygen atoms in total. The van der Waals surface area contributed by atoms with Gasteiger partial charge >= 0.3 is 5.97 Å². The van der Waals surface area contributed by atoms with Crippen LogP contribution in [0.15, 0.2) is 24.3 Å². The van der Waals surface area contributed by atoms with E-state index in [-0.39, 0.29) is 25.5 Å². The molecule has 0 saturated heterocycles. The highest BCUT2D eigenvalue weighted by Gasteiger charge is 2.11. The number of aromatic amines is 1. The van der Waals surface area contributed by atoms with Crippen LogP contribution in [-0.2, 0) is 20.7 Å². The summed E-state index contributed by atoms with van der Waals surface area (Å²) in [4.78, 5) is 25.4. The molecule has 3 N–H and O–H groups in total. The summed E-state index contributed by atoms with van der Waals surface area (Å²) in [5, 5.41) is 12.2. The van der Waals surface area contributed by atoms with Gasteiger partial charge in [0.15, 0.2) is 0 Å². The second-order valence-corrected chi connectivity index (χ2v) is 4.75. The highest BCUT2D eigenvalue weighted by Crippen LogP contribution is 2.22. The van der Waals surface area contributed by atoms with Crippen molar-refractivity contribution in [1.82, 2.24) is 10.3 Å². The van der Waals surface area contributed by atoms with Crippen molar-refractivity contribution in [3.8, 4) is 0 Å². The van der Waals surface area contributed by atoms with Crippen LogP contribution in [0.2, 0.25) is 0 Å². The van der Waals surface area contributed by atoms with Gasteiger partial charge in [0.1, 0.15) is 6.61 Å². The zero-order valence-electron chi connectivity index (χ0n) is 11.8. The van der Waals surface area contributed by atoms with Gasteiger partial charge in [-0.1, -0.05) is 18.2 Å². The summed E-state index contributed by atoms with van der Waals surface area (Å²) in [6.45, 7) is 2.08. The molecule has 0 atom stereocenters. The molecule has 112 valence electrons. The zero-order chi connectivity index (χ0) is 15.2. The minimum Gasteiger partial charge on any atom is -0.480 e. The van der Waals surface area contributed by atoms with Gasteiger partial charge in [-0.05, 0) is 18.6 Å². The molecular formula is C15H18N2O4. The molecule has 0 aliphatic carbocycles. The van der Waals surface area contributed by atoms with E-state index < -0.39 is 5.97 Å². The second-order valence-electron chi connectivity index (χ2n) is 4.75. The number of fused-ring (bicyclic) bond motifs is 1. The molecule has 0 saturated carbocycles. The highest BCUT2D eigenvalue weighted by molar-refractivity contribution is 5.90. The lowest BCUT2D eigenvalue weighted by molar-refractivity contribution is -0.142. The summed E-state index contributed by atoms with van der Waals surface area (Å²) < 4.78 is 4.85. The van der Waals surface area contributed by atoms with Crippen LogP contribution in [0, 0.1) is 6.92 Å². The Hall–Kier alpha value is -2.34. The largest absolute Gasteiger partial charge is 0.480 e. The maximum absolute atomic E-state index is 11.9. The molecule has 0 spiro atoms. The Morgan fingerprint density at radius 2 is 2.10 bits per heavy atom. The van der Waals surface area contributed by atoms with E-state index in [1.54, 1.807) is 0 Å². The zero-order valence-corrected chi connectivity index (χ0v) is 11.8. The Morgan fingerprint density at radius 3 is 2.86 bits per heavy atom. The molecule has 0 aliphatic heterocycles. The summed E-state index contributed by atoms with van der Waals surface area (Å²) in [6, 6.07) is 7.85. The Morgan fingerprint density at radius 1 is 1.33 bits per heavy atom. The van der Waals surface area contributed by atoms with E-state index in [0.717, 1.165) is 22.2 Å². The van der Waals surface area contributed by atoms with E-state index in [0.29, 0.717) is 6.54 Å². The van der Waals surface area contributed by atoms with E-state index in [1.165, 1.54) is 0 Å². The Bertz CT molecular complexity index is 648. The van der Waals surface area contributed by atoms with Crippen molar-refractivity contribution in [1.29, 1.82) is 0 Å². The van der Waals surface area contributed by atoms with Crippen LogP contribution >= 0.6 is 0 Å². The Balaban J connectivity index is 1.87. The van der Waals surface area contributed by atoms with Crippen molar-refractivity contribution in [2.24, 2.45) is 0 Å². The van der Waals surface area contributed by atoms with E-state index >= 15 is 0 Å². The van der Waals surface area contributed by atoms with Crippen LogP contribution in [0.25, 0.3) is 10.9 Å². The van der Waals surface area contributed by atoms with Gasteiger partial charge in [-0.25, -0.2) is 4.79 Å². The topological polar surface area (TPSA) is 91.4 Å². The van der Waals surface area contributed by atoms with Crippen molar-refractivity contribution in [2.45, 2.75) is 13.3 Å². The lowest BCUT2D eigenvalue weighted by Gasteiger charge is -2.05. The number of nitrogens with one attached hydrogen (secondary N) is 2. The molecule has 0 fully saturated rings. The predicted molar refractivity (Wildman–Crippen MR) is 78.2 cm³/mol. The molecule has 0 radical (unpaired) electrons. The molecule has 2 rings (SSSR count). The SMILES string of the molecule is Cc1[nH]c2ccccc2c1CC(=O)NCCOCC(=O)O. The molecular weight excluding hydrogens is 272 g/mol. The number of hydrogen-bond donors (Lipinski definition) is 3. The molecule has 0 aliphatic rings. The predicted octanol–water partition coefficient (Wildman–Crippen LogP) is 1.24. The molecule has 1 heterocycles. The van der Waals surface area contributed by atoms with Crippen LogP contribution < -0.4 is 5.32 Å². The highest BCUT2D eigenvalue weighted by atomic mass is 16.5. The number of ether oxygens (including phenoxy) is 1. The van der Waals surface area contributed by atoms with Gasteiger partial charge in [-0.3, -0.25) is 4.79 Å². The third-order valence-corrected chi connectivity index (χ3v) is 3.16. The van der Waals surface area contributed by atoms with Gasteiger partial charge in [-0.15, -0.1) is 0 Å². The van der Waals surface area contributed by atoms with Crippen LogP contribution in [0.5, 0.6) is 0 Å². The average Bonchev–Trinajstić information content (AvgIpc) is 2.74. The molecule has 1 aromatic heterocycles. The fraction of sp³-hybridized carbons (Fsp3) is 0.333. The van der Waals surface area contributed by atoms with Crippen molar-refractivity contribution in [2.75, 3.05) is 19.8 Å². The third kappa shape index (κ3) is 4.06. The first-order valence-electron chi connectivity index (χ1n) is 6.70. The van der Waals surface area contributed by atoms with Crippen LogP contribution in [0.4, 0.5) is 0 Å². The maximum Gasteiger partial charge on any atom is 0.329 e. The number of carbonyl (C=O) groups is 2. The summed E-state index contributed by atoms with van der Waals surface area (Å²) in [6.07, 6.45) is 0.286.